The lowest BCUT2D eigenvalue weighted by Crippen LogP contribution is -2.14. The third-order valence-electron chi connectivity index (χ3n) is 3.83. The van der Waals surface area contributed by atoms with Crippen LogP contribution in [0.1, 0.15) is 0 Å². The highest BCUT2D eigenvalue weighted by Gasteiger charge is 2.07. The molecule has 0 bridgehead atoms. The van der Waals surface area contributed by atoms with Gasteiger partial charge >= 0.3 is 0 Å². The standard InChI is InChI=1S/C20H8N4/c1-23-19(11-21)15-7-8-16(20(12-22)24-2)18-10-14-6-4-3-5-13(14)9-17(15)18/h3-10H. The summed E-state index contributed by atoms with van der Waals surface area (Å²) in [6, 6.07) is 18.6. The maximum atomic E-state index is 9.22. The van der Waals surface area contributed by atoms with E-state index in [2.05, 4.69) is 9.69 Å². The Labute approximate surface area is 138 Å². The maximum Gasteiger partial charge on any atom is 0.269 e. The summed E-state index contributed by atoms with van der Waals surface area (Å²) in [4.78, 5) is 6.59. The average molecular weight is 304 g/mol. The molecule has 0 atom stereocenters. The summed E-state index contributed by atoms with van der Waals surface area (Å²) in [6.07, 6.45) is 0. The van der Waals surface area contributed by atoms with Crippen LogP contribution in [0.3, 0.4) is 0 Å². The molecule has 0 fully saturated rings. The smallest absolute Gasteiger partial charge is 0.226 e. The van der Waals surface area contributed by atoms with Gasteiger partial charge in [0.05, 0.1) is 25.3 Å². The van der Waals surface area contributed by atoms with Crippen LogP contribution in [-0.4, -0.2) is 0 Å². The van der Waals surface area contributed by atoms with Gasteiger partial charge in [-0.2, -0.15) is 0 Å². The van der Waals surface area contributed by atoms with Crippen molar-refractivity contribution in [2.24, 2.45) is 0 Å². The molecular formula is C20H8N4. The van der Waals surface area contributed by atoms with E-state index in [0.717, 1.165) is 10.8 Å². The summed E-state index contributed by atoms with van der Waals surface area (Å²) in [7, 11) is 0. The number of nitrogens with zero attached hydrogens (tertiary/aromatic N) is 4. The van der Waals surface area contributed by atoms with Gasteiger partial charge in [0.25, 0.3) is 11.4 Å². The summed E-state index contributed by atoms with van der Waals surface area (Å²) in [5, 5.41) is 22.8. The van der Waals surface area contributed by atoms with E-state index in [1.807, 2.05) is 48.5 Å². The van der Waals surface area contributed by atoms with Crippen molar-refractivity contribution in [2.45, 2.75) is 0 Å². The maximum absolute atomic E-state index is 9.22. The second-order valence-electron chi connectivity index (χ2n) is 5.05. The van der Waals surface area contributed by atoms with Gasteiger partial charge in [0, 0.05) is 0 Å². The normalized spacial score (nSPS) is 12.5. The van der Waals surface area contributed by atoms with E-state index in [1.165, 1.54) is 0 Å². The topological polar surface area (TPSA) is 56.3 Å². The van der Waals surface area contributed by atoms with Crippen LogP contribution >= 0.6 is 0 Å². The zero-order chi connectivity index (χ0) is 17.1. The molecular weight excluding hydrogens is 296 g/mol. The fraction of sp³-hybridized carbons (Fsp3) is 0. The Morgan fingerprint density at radius 3 is 1.50 bits per heavy atom. The van der Waals surface area contributed by atoms with Gasteiger partial charge in [-0.3, -0.25) is 0 Å². The highest BCUT2D eigenvalue weighted by atomic mass is 14.7. The number of nitriles is 2. The summed E-state index contributed by atoms with van der Waals surface area (Å²) < 4.78 is 0. The van der Waals surface area contributed by atoms with Gasteiger partial charge in [-0.05, 0) is 44.1 Å². The lowest BCUT2D eigenvalue weighted by atomic mass is 9.99. The van der Waals surface area contributed by atoms with E-state index in [9.17, 15) is 10.5 Å². The predicted molar refractivity (Wildman–Crippen MR) is 92.0 cm³/mol. The summed E-state index contributed by atoms with van der Waals surface area (Å²) in [5.41, 5.74) is -0.0219. The Hall–Kier alpha value is -4.12. The van der Waals surface area contributed by atoms with Crippen molar-refractivity contribution < 1.29 is 0 Å². The van der Waals surface area contributed by atoms with Crippen molar-refractivity contribution in [1.29, 1.82) is 10.5 Å². The number of rotatable bonds is 0. The fourth-order valence-corrected chi connectivity index (χ4v) is 2.74. The van der Waals surface area contributed by atoms with Crippen LogP contribution in [0.5, 0.6) is 0 Å². The van der Waals surface area contributed by atoms with Crippen molar-refractivity contribution in [3.8, 4) is 12.1 Å². The van der Waals surface area contributed by atoms with Gasteiger partial charge in [-0.15, -0.1) is 0 Å². The largest absolute Gasteiger partial charge is 0.269 e. The molecule has 0 N–H and O–H groups in total. The van der Waals surface area contributed by atoms with Gasteiger partial charge < -0.3 is 0 Å². The van der Waals surface area contributed by atoms with Gasteiger partial charge in [0.2, 0.25) is 0 Å². The molecule has 108 valence electrons. The quantitative estimate of drug-likeness (QED) is 0.473. The van der Waals surface area contributed by atoms with Crippen LogP contribution < -0.4 is 10.4 Å². The van der Waals surface area contributed by atoms with Crippen molar-refractivity contribution in [1.82, 2.24) is 0 Å². The average Bonchev–Trinajstić information content (AvgIpc) is 2.63. The number of hydrogen-bond donors (Lipinski definition) is 0. The molecule has 4 nitrogen and oxygen atoms in total. The van der Waals surface area contributed by atoms with Crippen molar-refractivity contribution in [3.05, 3.63) is 81.8 Å². The molecule has 0 aromatic heterocycles. The van der Waals surface area contributed by atoms with Gasteiger partial charge in [-0.25, -0.2) is 20.2 Å². The first kappa shape index (κ1) is 14.8. The van der Waals surface area contributed by atoms with Crippen molar-refractivity contribution in [3.63, 3.8) is 0 Å². The van der Waals surface area contributed by atoms with E-state index in [1.54, 1.807) is 12.1 Å². The zero-order valence-corrected chi connectivity index (χ0v) is 12.4. The van der Waals surface area contributed by atoms with Crippen molar-refractivity contribution in [2.75, 3.05) is 0 Å². The highest BCUT2D eigenvalue weighted by molar-refractivity contribution is 6.00. The minimum atomic E-state index is -0.0110. The van der Waals surface area contributed by atoms with Crippen LogP contribution in [0.25, 0.3) is 42.6 Å². The van der Waals surface area contributed by atoms with Crippen LogP contribution in [0, 0.1) is 35.8 Å². The molecule has 0 radical (unpaired) electrons. The molecule has 24 heavy (non-hydrogen) atoms. The molecule has 4 heteroatoms. The minimum absolute atomic E-state index is 0.0110. The van der Waals surface area contributed by atoms with E-state index < -0.39 is 0 Å². The van der Waals surface area contributed by atoms with E-state index in [0.29, 0.717) is 21.2 Å². The molecule has 0 saturated heterocycles. The number of benzene rings is 3. The first-order valence-electron chi connectivity index (χ1n) is 6.98. The number of hydrogen-bond acceptors (Lipinski definition) is 2. The Bertz CT molecular complexity index is 1150. The van der Waals surface area contributed by atoms with Crippen LogP contribution in [0.2, 0.25) is 0 Å². The lowest BCUT2D eigenvalue weighted by Gasteiger charge is -2.05. The molecule has 0 heterocycles. The van der Waals surface area contributed by atoms with E-state index >= 15 is 0 Å². The zero-order valence-electron chi connectivity index (χ0n) is 12.4. The highest BCUT2D eigenvalue weighted by Crippen LogP contribution is 2.19. The van der Waals surface area contributed by atoms with E-state index in [-0.39, 0.29) is 11.4 Å². The Morgan fingerprint density at radius 1 is 0.750 bits per heavy atom. The van der Waals surface area contributed by atoms with Crippen molar-refractivity contribution >= 4 is 32.9 Å². The van der Waals surface area contributed by atoms with E-state index in [4.69, 9.17) is 13.1 Å². The molecule has 0 aliphatic carbocycles. The third kappa shape index (κ3) is 2.22. The minimum Gasteiger partial charge on any atom is -0.226 e. The second kappa shape index (κ2) is 5.94. The predicted octanol–water partition coefficient (Wildman–Crippen LogP) is 3.10. The molecule has 3 rings (SSSR count). The van der Waals surface area contributed by atoms with Gasteiger partial charge in [0.1, 0.15) is 0 Å². The molecule has 0 aliphatic heterocycles. The molecule has 0 saturated carbocycles. The summed E-state index contributed by atoms with van der Waals surface area (Å²) in [6.45, 7) is 14.4. The Morgan fingerprint density at radius 2 is 1.17 bits per heavy atom. The SMILES string of the molecule is [C-]#[N+]C(C#N)=c1ccc(=C(C#N)[N+]#[C-])c2cc3ccccc3cc12. The molecule has 0 amide bonds. The summed E-state index contributed by atoms with van der Waals surface area (Å²) in [5.74, 6) is 0. The number of fused-ring (bicyclic) bond motifs is 2. The fourth-order valence-electron chi connectivity index (χ4n) is 2.74. The Kier molecular flexibility index (Phi) is 3.66. The van der Waals surface area contributed by atoms with Gasteiger partial charge in [0.15, 0.2) is 0 Å². The molecule has 3 aromatic rings. The summed E-state index contributed by atoms with van der Waals surface area (Å²) >= 11 is 0. The lowest BCUT2D eigenvalue weighted by molar-refractivity contribution is 1.51. The third-order valence-corrected chi connectivity index (χ3v) is 3.83. The molecule has 0 spiro atoms. The van der Waals surface area contributed by atoms with Gasteiger partial charge in [-0.1, -0.05) is 36.4 Å². The monoisotopic (exact) mass is 304 g/mol. The molecule has 0 unspecified atom stereocenters. The second-order valence-corrected chi connectivity index (χ2v) is 5.05. The van der Waals surface area contributed by atoms with Crippen LogP contribution in [0.15, 0.2) is 48.5 Å². The Balaban J connectivity index is 2.74. The molecule has 0 aliphatic rings. The van der Waals surface area contributed by atoms with Crippen LogP contribution in [-0.2, 0) is 0 Å². The molecule has 3 aromatic carbocycles. The first-order valence-corrected chi connectivity index (χ1v) is 6.98. The van der Waals surface area contributed by atoms with Crippen LogP contribution in [0.4, 0.5) is 0 Å². The first-order chi connectivity index (χ1) is 11.7.